The molecule has 3 aromatic rings. The van der Waals surface area contributed by atoms with Gasteiger partial charge in [0.05, 0.1) is 5.69 Å². The molecular weight excluding hydrogens is 278 g/mol. The SMILES string of the molecule is Cc1c(-c2cccc3ccncc23)[nH]c(C2CC2)nc1=S. The number of fused-ring (bicyclic) bond motifs is 1. The number of nitrogens with one attached hydrogen (secondary N) is 1. The van der Waals surface area contributed by atoms with E-state index >= 15 is 0 Å². The molecule has 1 aliphatic rings. The van der Waals surface area contributed by atoms with Crippen molar-refractivity contribution in [2.45, 2.75) is 25.7 Å². The number of benzene rings is 1. The Balaban J connectivity index is 2.02. The van der Waals surface area contributed by atoms with E-state index in [0.29, 0.717) is 10.6 Å². The van der Waals surface area contributed by atoms with Gasteiger partial charge in [0.25, 0.3) is 0 Å². The van der Waals surface area contributed by atoms with Gasteiger partial charge in [-0.3, -0.25) is 4.98 Å². The number of aromatic amines is 1. The molecule has 3 nitrogen and oxygen atoms in total. The highest BCUT2D eigenvalue weighted by Crippen LogP contribution is 2.39. The molecule has 4 rings (SSSR count). The van der Waals surface area contributed by atoms with Gasteiger partial charge in [0.2, 0.25) is 0 Å². The Kier molecular flexibility index (Phi) is 2.86. The summed E-state index contributed by atoms with van der Waals surface area (Å²) in [6, 6.07) is 8.33. The van der Waals surface area contributed by atoms with Crippen molar-refractivity contribution < 1.29 is 0 Å². The monoisotopic (exact) mass is 293 g/mol. The molecule has 0 radical (unpaired) electrons. The van der Waals surface area contributed by atoms with Crippen molar-refractivity contribution in [1.29, 1.82) is 0 Å². The minimum absolute atomic E-state index is 0.555. The normalized spacial score (nSPS) is 14.5. The summed E-state index contributed by atoms with van der Waals surface area (Å²) < 4.78 is 0.701. The molecule has 2 heterocycles. The minimum Gasteiger partial charge on any atom is -0.343 e. The van der Waals surface area contributed by atoms with Crippen LogP contribution in [0.3, 0.4) is 0 Å². The number of hydrogen-bond acceptors (Lipinski definition) is 3. The van der Waals surface area contributed by atoms with Crippen LogP contribution in [0.1, 0.15) is 30.1 Å². The van der Waals surface area contributed by atoms with Crippen molar-refractivity contribution >= 4 is 23.0 Å². The van der Waals surface area contributed by atoms with Crippen LogP contribution in [0.2, 0.25) is 0 Å². The molecule has 0 atom stereocenters. The quantitative estimate of drug-likeness (QED) is 0.705. The van der Waals surface area contributed by atoms with Crippen molar-refractivity contribution in [2.24, 2.45) is 0 Å². The number of hydrogen-bond donors (Lipinski definition) is 1. The molecule has 0 aliphatic heterocycles. The first-order valence-electron chi connectivity index (χ1n) is 7.18. The molecule has 4 heteroatoms. The van der Waals surface area contributed by atoms with Gasteiger partial charge in [-0.05, 0) is 31.2 Å². The van der Waals surface area contributed by atoms with Crippen LogP contribution in [0.15, 0.2) is 36.7 Å². The molecule has 0 unspecified atom stereocenters. The predicted molar refractivity (Wildman–Crippen MR) is 86.9 cm³/mol. The van der Waals surface area contributed by atoms with Crippen LogP contribution in [-0.4, -0.2) is 15.0 Å². The van der Waals surface area contributed by atoms with E-state index in [-0.39, 0.29) is 0 Å². The van der Waals surface area contributed by atoms with Crippen LogP contribution in [0.4, 0.5) is 0 Å². The van der Waals surface area contributed by atoms with E-state index in [1.54, 1.807) is 0 Å². The average Bonchev–Trinajstić information content (AvgIpc) is 3.34. The van der Waals surface area contributed by atoms with Crippen LogP contribution in [0, 0.1) is 11.6 Å². The molecule has 1 fully saturated rings. The van der Waals surface area contributed by atoms with Gasteiger partial charge in [-0.15, -0.1) is 0 Å². The lowest BCUT2D eigenvalue weighted by Crippen LogP contribution is -1.99. The van der Waals surface area contributed by atoms with Crippen molar-refractivity contribution in [3.8, 4) is 11.3 Å². The fourth-order valence-corrected chi connectivity index (χ4v) is 2.90. The van der Waals surface area contributed by atoms with Crippen LogP contribution in [0.5, 0.6) is 0 Å². The van der Waals surface area contributed by atoms with Crippen molar-refractivity contribution in [3.63, 3.8) is 0 Å². The minimum atomic E-state index is 0.555. The molecule has 104 valence electrons. The van der Waals surface area contributed by atoms with E-state index < -0.39 is 0 Å². The molecule has 0 saturated heterocycles. The molecule has 2 aromatic heterocycles. The molecule has 1 saturated carbocycles. The Morgan fingerprint density at radius 1 is 1.24 bits per heavy atom. The van der Waals surface area contributed by atoms with E-state index in [1.807, 2.05) is 25.4 Å². The van der Waals surface area contributed by atoms with Crippen LogP contribution >= 0.6 is 12.2 Å². The Bertz CT molecular complexity index is 889. The van der Waals surface area contributed by atoms with E-state index in [2.05, 4.69) is 33.2 Å². The molecule has 1 N–H and O–H groups in total. The maximum absolute atomic E-state index is 5.45. The smallest absolute Gasteiger partial charge is 0.133 e. The lowest BCUT2D eigenvalue weighted by molar-refractivity contribution is 0.914. The largest absolute Gasteiger partial charge is 0.343 e. The van der Waals surface area contributed by atoms with Gasteiger partial charge in [-0.2, -0.15) is 0 Å². The second-order valence-electron chi connectivity index (χ2n) is 5.60. The zero-order chi connectivity index (χ0) is 14.4. The Hall–Kier alpha value is -2.07. The number of pyridine rings is 1. The van der Waals surface area contributed by atoms with E-state index in [4.69, 9.17) is 12.2 Å². The standard InChI is InChI=1S/C17H15N3S/c1-10-15(19-16(12-5-6-12)20-17(10)21)13-4-2-3-11-7-8-18-9-14(11)13/h2-4,7-9,12H,5-6H2,1H3,(H,19,20,21). The van der Waals surface area contributed by atoms with Gasteiger partial charge < -0.3 is 4.98 Å². The zero-order valence-electron chi connectivity index (χ0n) is 11.8. The van der Waals surface area contributed by atoms with Crippen LogP contribution in [0.25, 0.3) is 22.0 Å². The van der Waals surface area contributed by atoms with Gasteiger partial charge in [0.1, 0.15) is 10.5 Å². The first-order chi connectivity index (χ1) is 10.2. The molecular formula is C17H15N3S. The van der Waals surface area contributed by atoms with Gasteiger partial charge in [-0.25, -0.2) is 4.98 Å². The second-order valence-corrected chi connectivity index (χ2v) is 5.99. The summed E-state index contributed by atoms with van der Waals surface area (Å²) >= 11 is 5.45. The molecule has 0 amide bonds. The first kappa shape index (κ1) is 12.7. The van der Waals surface area contributed by atoms with Crippen molar-refractivity contribution in [3.05, 3.63) is 52.7 Å². The van der Waals surface area contributed by atoms with Gasteiger partial charge >= 0.3 is 0 Å². The third-order valence-corrected chi connectivity index (χ3v) is 4.49. The van der Waals surface area contributed by atoms with Crippen LogP contribution < -0.4 is 0 Å². The van der Waals surface area contributed by atoms with Gasteiger partial charge in [0.15, 0.2) is 0 Å². The second kappa shape index (κ2) is 4.74. The predicted octanol–water partition coefficient (Wildman–Crippen LogP) is 4.54. The molecule has 0 spiro atoms. The first-order valence-corrected chi connectivity index (χ1v) is 7.59. The third-order valence-electron chi connectivity index (χ3n) is 4.09. The van der Waals surface area contributed by atoms with E-state index in [9.17, 15) is 0 Å². The summed E-state index contributed by atoms with van der Waals surface area (Å²) in [6.07, 6.45) is 6.15. The van der Waals surface area contributed by atoms with Crippen molar-refractivity contribution in [2.75, 3.05) is 0 Å². The van der Waals surface area contributed by atoms with Crippen molar-refractivity contribution in [1.82, 2.24) is 15.0 Å². The fourth-order valence-electron chi connectivity index (χ4n) is 2.70. The van der Waals surface area contributed by atoms with Gasteiger partial charge in [-0.1, -0.05) is 30.4 Å². The fraction of sp³-hybridized carbons (Fsp3) is 0.235. The molecule has 21 heavy (non-hydrogen) atoms. The Morgan fingerprint density at radius 3 is 2.90 bits per heavy atom. The summed E-state index contributed by atoms with van der Waals surface area (Å²) in [4.78, 5) is 12.3. The van der Waals surface area contributed by atoms with Crippen LogP contribution in [-0.2, 0) is 0 Å². The Labute approximate surface area is 128 Å². The summed E-state index contributed by atoms with van der Waals surface area (Å²) in [5.41, 5.74) is 3.26. The molecule has 1 aromatic carbocycles. The average molecular weight is 293 g/mol. The number of aromatic nitrogens is 3. The summed E-state index contributed by atoms with van der Waals surface area (Å²) in [5.74, 6) is 1.58. The third kappa shape index (κ3) is 2.16. The number of H-pyrrole nitrogens is 1. The van der Waals surface area contributed by atoms with Gasteiger partial charge in [0, 0.05) is 34.8 Å². The lowest BCUT2D eigenvalue weighted by Gasteiger charge is -2.11. The summed E-state index contributed by atoms with van der Waals surface area (Å²) in [6.45, 7) is 2.03. The molecule has 0 bridgehead atoms. The number of rotatable bonds is 2. The molecule has 1 aliphatic carbocycles. The van der Waals surface area contributed by atoms with E-state index in [1.165, 1.54) is 18.2 Å². The summed E-state index contributed by atoms with van der Waals surface area (Å²) in [5, 5.41) is 2.33. The van der Waals surface area contributed by atoms with E-state index in [0.717, 1.165) is 28.0 Å². The Morgan fingerprint density at radius 2 is 2.10 bits per heavy atom. The maximum Gasteiger partial charge on any atom is 0.133 e. The highest BCUT2D eigenvalue weighted by molar-refractivity contribution is 7.71. The highest BCUT2D eigenvalue weighted by Gasteiger charge is 2.26. The number of nitrogens with zero attached hydrogens (tertiary/aromatic N) is 2. The topological polar surface area (TPSA) is 41.6 Å². The zero-order valence-corrected chi connectivity index (χ0v) is 12.6. The maximum atomic E-state index is 5.45. The lowest BCUT2D eigenvalue weighted by atomic mass is 10.0. The highest BCUT2D eigenvalue weighted by atomic mass is 32.1. The summed E-state index contributed by atoms with van der Waals surface area (Å²) in [7, 11) is 0.